The molecule has 3 heterocycles. The highest BCUT2D eigenvalue weighted by molar-refractivity contribution is 6.29. The Hall–Kier alpha value is -2.07. The summed E-state index contributed by atoms with van der Waals surface area (Å²) in [5.41, 5.74) is 3.79. The number of hydrogen-bond donors (Lipinski definition) is 1. The second kappa shape index (κ2) is 4.90. The van der Waals surface area contributed by atoms with Crippen molar-refractivity contribution in [2.24, 2.45) is 0 Å². The van der Waals surface area contributed by atoms with Crippen molar-refractivity contribution in [3.05, 3.63) is 59.3 Å². The number of aromatic nitrogens is 3. The van der Waals surface area contributed by atoms with Crippen LogP contribution in [0.4, 0.5) is 5.69 Å². The maximum atomic E-state index is 5.83. The van der Waals surface area contributed by atoms with Crippen LogP contribution in [0.25, 0.3) is 5.65 Å². The molecule has 0 amide bonds. The van der Waals surface area contributed by atoms with Gasteiger partial charge < -0.3 is 9.72 Å². The number of pyridine rings is 2. The van der Waals surface area contributed by atoms with Crippen molar-refractivity contribution in [1.82, 2.24) is 14.4 Å². The Morgan fingerprint density at radius 3 is 2.89 bits per heavy atom. The number of aryl methyl sites for hydroxylation is 1. The lowest BCUT2D eigenvalue weighted by Gasteiger charge is -2.07. The van der Waals surface area contributed by atoms with Crippen molar-refractivity contribution >= 4 is 22.9 Å². The Kier molecular flexibility index (Phi) is 3.09. The fourth-order valence-electron chi connectivity index (χ4n) is 1.98. The van der Waals surface area contributed by atoms with Crippen molar-refractivity contribution in [3.63, 3.8) is 0 Å². The Labute approximate surface area is 116 Å². The fourth-order valence-corrected chi connectivity index (χ4v) is 2.17. The molecule has 0 bridgehead atoms. The van der Waals surface area contributed by atoms with Gasteiger partial charge in [-0.15, -0.1) is 0 Å². The van der Waals surface area contributed by atoms with Gasteiger partial charge in [-0.05, 0) is 31.2 Å². The van der Waals surface area contributed by atoms with Crippen molar-refractivity contribution in [2.45, 2.75) is 13.5 Å². The summed E-state index contributed by atoms with van der Waals surface area (Å²) in [7, 11) is 0. The number of fused-ring (bicyclic) bond motifs is 1. The highest BCUT2D eigenvalue weighted by Crippen LogP contribution is 2.16. The molecule has 3 rings (SSSR count). The summed E-state index contributed by atoms with van der Waals surface area (Å²) in [6.07, 6.45) is 4.00. The lowest BCUT2D eigenvalue weighted by atomic mass is 10.3. The van der Waals surface area contributed by atoms with E-state index in [1.165, 1.54) is 0 Å². The van der Waals surface area contributed by atoms with Gasteiger partial charge in [-0.2, -0.15) is 0 Å². The first-order chi connectivity index (χ1) is 9.22. The van der Waals surface area contributed by atoms with E-state index >= 15 is 0 Å². The molecular formula is C14H13ClN4. The summed E-state index contributed by atoms with van der Waals surface area (Å²) in [6.45, 7) is 2.59. The number of imidazole rings is 1. The zero-order valence-electron chi connectivity index (χ0n) is 10.5. The maximum absolute atomic E-state index is 5.83. The number of nitrogens with zero attached hydrogens (tertiary/aromatic N) is 3. The fraction of sp³-hybridized carbons (Fsp3) is 0.143. The molecule has 0 spiro atoms. The van der Waals surface area contributed by atoms with Gasteiger partial charge in [-0.3, -0.25) is 0 Å². The largest absolute Gasteiger partial charge is 0.378 e. The van der Waals surface area contributed by atoms with Gasteiger partial charge in [-0.1, -0.05) is 17.7 Å². The van der Waals surface area contributed by atoms with Gasteiger partial charge in [-0.25, -0.2) is 9.97 Å². The molecule has 5 heteroatoms. The van der Waals surface area contributed by atoms with Crippen molar-refractivity contribution in [2.75, 3.05) is 5.32 Å². The smallest absolute Gasteiger partial charge is 0.137 e. The number of rotatable bonds is 3. The number of nitrogens with one attached hydrogen (secondary N) is 1. The minimum atomic E-state index is 0.510. The molecule has 0 saturated heterocycles. The highest BCUT2D eigenvalue weighted by Gasteiger charge is 2.03. The average Bonchev–Trinajstić information content (AvgIpc) is 2.80. The number of halogens is 1. The quantitative estimate of drug-likeness (QED) is 0.744. The molecule has 0 atom stereocenters. The molecular weight excluding hydrogens is 260 g/mol. The van der Waals surface area contributed by atoms with Crippen LogP contribution in [0.1, 0.15) is 11.4 Å². The van der Waals surface area contributed by atoms with E-state index in [0.29, 0.717) is 11.7 Å². The van der Waals surface area contributed by atoms with Gasteiger partial charge in [0.05, 0.1) is 23.6 Å². The predicted octanol–water partition coefficient (Wildman–Crippen LogP) is 3.30. The van der Waals surface area contributed by atoms with E-state index < -0.39 is 0 Å². The van der Waals surface area contributed by atoms with Crippen LogP contribution in [0.3, 0.4) is 0 Å². The van der Waals surface area contributed by atoms with Gasteiger partial charge in [0, 0.05) is 12.4 Å². The topological polar surface area (TPSA) is 42.2 Å². The Bertz CT molecular complexity index is 687. The van der Waals surface area contributed by atoms with Gasteiger partial charge in [0.25, 0.3) is 0 Å². The van der Waals surface area contributed by atoms with Crippen molar-refractivity contribution in [3.8, 4) is 0 Å². The monoisotopic (exact) mass is 272 g/mol. The molecule has 0 saturated carbocycles. The van der Waals surface area contributed by atoms with Crippen LogP contribution in [0.15, 0.2) is 42.7 Å². The number of anilines is 1. The lowest BCUT2D eigenvalue weighted by molar-refractivity contribution is 1.06. The molecule has 0 aliphatic rings. The summed E-state index contributed by atoms with van der Waals surface area (Å²) in [6, 6.07) is 9.66. The average molecular weight is 273 g/mol. The zero-order chi connectivity index (χ0) is 13.2. The van der Waals surface area contributed by atoms with Gasteiger partial charge in [0.2, 0.25) is 0 Å². The minimum Gasteiger partial charge on any atom is -0.378 e. The number of hydrogen-bond acceptors (Lipinski definition) is 3. The third kappa shape index (κ3) is 2.53. The highest BCUT2D eigenvalue weighted by atomic mass is 35.5. The van der Waals surface area contributed by atoms with E-state index in [4.69, 9.17) is 11.6 Å². The summed E-state index contributed by atoms with van der Waals surface area (Å²) >= 11 is 5.83. The summed E-state index contributed by atoms with van der Waals surface area (Å²) in [4.78, 5) is 8.73. The van der Waals surface area contributed by atoms with Crippen molar-refractivity contribution < 1.29 is 0 Å². The summed E-state index contributed by atoms with van der Waals surface area (Å²) in [5.74, 6) is 0. The van der Waals surface area contributed by atoms with E-state index in [1.807, 2.05) is 48.0 Å². The third-order valence-electron chi connectivity index (χ3n) is 2.93. The first kappa shape index (κ1) is 12.0. The zero-order valence-corrected chi connectivity index (χ0v) is 11.2. The molecule has 19 heavy (non-hydrogen) atoms. The van der Waals surface area contributed by atoms with E-state index in [2.05, 4.69) is 15.3 Å². The second-order valence-corrected chi connectivity index (χ2v) is 4.71. The van der Waals surface area contributed by atoms with E-state index in [1.54, 1.807) is 6.07 Å². The Morgan fingerprint density at radius 1 is 1.21 bits per heavy atom. The molecule has 0 fully saturated rings. The first-order valence-electron chi connectivity index (χ1n) is 6.02. The summed E-state index contributed by atoms with van der Waals surface area (Å²) < 4.78 is 2.00. The van der Waals surface area contributed by atoms with Gasteiger partial charge in [0.15, 0.2) is 0 Å². The van der Waals surface area contributed by atoms with Crippen LogP contribution >= 0.6 is 11.6 Å². The van der Waals surface area contributed by atoms with E-state index in [9.17, 15) is 0 Å². The second-order valence-electron chi connectivity index (χ2n) is 4.32. The van der Waals surface area contributed by atoms with Crippen LogP contribution in [-0.4, -0.2) is 14.4 Å². The van der Waals surface area contributed by atoms with Crippen molar-refractivity contribution in [1.29, 1.82) is 0 Å². The first-order valence-corrected chi connectivity index (χ1v) is 6.40. The SMILES string of the molecule is Cc1nc(Cl)ccc1NCc1cn2ccccc2n1. The molecule has 4 nitrogen and oxygen atoms in total. The molecule has 0 aliphatic heterocycles. The van der Waals surface area contributed by atoms with E-state index in [0.717, 1.165) is 22.7 Å². The molecule has 0 unspecified atom stereocenters. The Morgan fingerprint density at radius 2 is 2.11 bits per heavy atom. The summed E-state index contributed by atoms with van der Waals surface area (Å²) in [5, 5.41) is 3.83. The van der Waals surface area contributed by atoms with Crippen LogP contribution in [0.2, 0.25) is 5.15 Å². The van der Waals surface area contributed by atoms with E-state index in [-0.39, 0.29) is 0 Å². The normalized spacial score (nSPS) is 10.8. The molecule has 1 N–H and O–H groups in total. The van der Waals surface area contributed by atoms with Gasteiger partial charge >= 0.3 is 0 Å². The van der Waals surface area contributed by atoms with Crippen LogP contribution < -0.4 is 5.32 Å². The predicted molar refractivity (Wildman–Crippen MR) is 76.5 cm³/mol. The molecule has 96 valence electrons. The minimum absolute atomic E-state index is 0.510. The molecule has 3 aromatic heterocycles. The molecule has 0 aliphatic carbocycles. The Balaban J connectivity index is 1.78. The van der Waals surface area contributed by atoms with Crippen LogP contribution in [0.5, 0.6) is 0 Å². The third-order valence-corrected chi connectivity index (χ3v) is 3.14. The molecule has 3 aromatic rings. The maximum Gasteiger partial charge on any atom is 0.137 e. The van der Waals surface area contributed by atoms with Crippen LogP contribution in [0, 0.1) is 6.92 Å². The van der Waals surface area contributed by atoms with Crippen LogP contribution in [-0.2, 0) is 6.54 Å². The molecule has 0 aromatic carbocycles. The van der Waals surface area contributed by atoms with Gasteiger partial charge in [0.1, 0.15) is 10.8 Å². The molecule has 0 radical (unpaired) electrons. The standard InChI is InChI=1S/C14H13ClN4/c1-10-12(5-6-13(15)17-10)16-8-11-9-19-7-3-2-4-14(19)18-11/h2-7,9,16H,8H2,1H3. The lowest BCUT2D eigenvalue weighted by Crippen LogP contribution is -2.02.